The Hall–Kier alpha value is -2.04. The molecule has 0 unspecified atom stereocenters. The number of nitrogens with zero attached hydrogens (tertiary/aromatic N) is 2. The van der Waals surface area contributed by atoms with Gasteiger partial charge in [0.1, 0.15) is 5.60 Å². The van der Waals surface area contributed by atoms with Crippen molar-refractivity contribution in [3.8, 4) is 0 Å². The Morgan fingerprint density at radius 1 is 1.36 bits per heavy atom. The monoisotopic (exact) mass is 301 g/mol. The van der Waals surface area contributed by atoms with Crippen molar-refractivity contribution >= 4 is 17.0 Å². The molecule has 0 atom stereocenters. The van der Waals surface area contributed by atoms with Gasteiger partial charge < -0.3 is 14.6 Å². The number of nitrogens with one attached hydrogen (secondary N) is 1. The van der Waals surface area contributed by atoms with E-state index in [1.165, 1.54) is 10.9 Å². The van der Waals surface area contributed by atoms with E-state index in [0.717, 1.165) is 31.4 Å². The lowest BCUT2D eigenvalue weighted by molar-refractivity contribution is 0.0205. The number of carbonyl (C=O) groups excluding carboxylic acids is 1. The normalized spacial score (nSPS) is 17.0. The third-order valence-corrected chi connectivity index (χ3v) is 4.10. The predicted octanol–water partition coefficient (Wildman–Crippen LogP) is 3.68. The van der Waals surface area contributed by atoms with Gasteiger partial charge in [-0.2, -0.15) is 0 Å². The van der Waals surface area contributed by atoms with Gasteiger partial charge in [0.15, 0.2) is 0 Å². The Kier molecular flexibility index (Phi) is 3.81. The van der Waals surface area contributed by atoms with E-state index in [2.05, 4.69) is 22.2 Å². The van der Waals surface area contributed by atoms with Gasteiger partial charge in [-0.15, -0.1) is 0 Å². The maximum Gasteiger partial charge on any atom is 0.410 e. The maximum atomic E-state index is 12.1. The molecule has 3 rings (SSSR count). The molecule has 2 aromatic rings. The number of rotatable bonds is 1. The SMILES string of the molecule is CC(C)(C)OC(=O)N1CCC(c2c[nH]c3cnccc23)CC1. The Labute approximate surface area is 130 Å². The van der Waals surface area contributed by atoms with Crippen LogP contribution in [0.2, 0.25) is 0 Å². The summed E-state index contributed by atoms with van der Waals surface area (Å²) in [6.45, 7) is 7.20. The van der Waals surface area contributed by atoms with Crippen LogP contribution in [0.3, 0.4) is 0 Å². The van der Waals surface area contributed by atoms with Crippen molar-refractivity contribution in [1.29, 1.82) is 0 Å². The Bertz CT molecular complexity index is 664. The fourth-order valence-corrected chi connectivity index (χ4v) is 3.03. The van der Waals surface area contributed by atoms with Gasteiger partial charge in [-0.3, -0.25) is 4.98 Å². The number of aromatic nitrogens is 2. The molecule has 3 heterocycles. The first-order valence-corrected chi connectivity index (χ1v) is 7.83. The zero-order chi connectivity index (χ0) is 15.7. The van der Waals surface area contributed by atoms with Gasteiger partial charge in [-0.1, -0.05) is 0 Å². The van der Waals surface area contributed by atoms with Crippen molar-refractivity contribution in [3.05, 3.63) is 30.2 Å². The lowest BCUT2D eigenvalue weighted by atomic mass is 9.89. The lowest BCUT2D eigenvalue weighted by Gasteiger charge is -2.33. The van der Waals surface area contributed by atoms with Crippen LogP contribution in [0.5, 0.6) is 0 Å². The highest BCUT2D eigenvalue weighted by molar-refractivity contribution is 5.82. The van der Waals surface area contributed by atoms with E-state index in [1.54, 1.807) is 0 Å². The van der Waals surface area contributed by atoms with Gasteiger partial charge in [0.2, 0.25) is 0 Å². The minimum absolute atomic E-state index is 0.200. The minimum Gasteiger partial charge on any atom is -0.444 e. The lowest BCUT2D eigenvalue weighted by Crippen LogP contribution is -2.41. The van der Waals surface area contributed by atoms with Gasteiger partial charge in [0, 0.05) is 30.9 Å². The zero-order valence-corrected chi connectivity index (χ0v) is 13.4. The van der Waals surface area contributed by atoms with Gasteiger partial charge in [-0.25, -0.2) is 4.79 Å². The van der Waals surface area contributed by atoms with Crippen LogP contribution in [0.25, 0.3) is 10.9 Å². The number of ether oxygens (including phenoxy) is 1. The van der Waals surface area contributed by atoms with Gasteiger partial charge >= 0.3 is 6.09 Å². The Morgan fingerprint density at radius 3 is 2.77 bits per heavy atom. The number of H-pyrrole nitrogens is 1. The standard InChI is InChI=1S/C17H23N3O2/c1-17(2,3)22-16(21)20-8-5-12(6-9-20)14-10-19-15-11-18-7-4-13(14)15/h4,7,10-12,19H,5-6,8-9H2,1-3H3. The van der Waals surface area contributed by atoms with Crippen LogP contribution >= 0.6 is 0 Å². The molecular weight excluding hydrogens is 278 g/mol. The fraction of sp³-hybridized carbons (Fsp3) is 0.529. The van der Waals surface area contributed by atoms with Crippen LogP contribution < -0.4 is 0 Å². The number of hydrogen-bond acceptors (Lipinski definition) is 3. The molecule has 1 fully saturated rings. The van der Waals surface area contributed by atoms with Gasteiger partial charge in [0.05, 0.1) is 11.7 Å². The molecule has 1 amide bonds. The van der Waals surface area contributed by atoms with E-state index in [-0.39, 0.29) is 6.09 Å². The molecule has 0 aliphatic carbocycles. The molecule has 0 bridgehead atoms. The van der Waals surface area contributed by atoms with Crippen molar-refractivity contribution in [2.45, 2.75) is 45.1 Å². The summed E-state index contributed by atoms with van der Waals surface area (Å²) < 4.78 is 5.45. The number of pyridine rings is 1. The second-order valence-electron chi connectivity index (χ2n) is 6.91. The molecule has 0 spiro atoms. The first kappa shape index (κ1) is 14.9. The molecule has 1 aliphatic heterocycles. The van der Waals surface area contributed by atoms with E-state index in [9.17, 15) is 4.79 Å². The van der Waals surface area contributed by atoms with Crippen molar-refractivity contribution < 1.29 is 9.53 Å². The number of piperidine rings is 1. The summed E-state index contributed by atoms with van der Waals surface area (Å²) in [7, 11) is 0. The quantitative estimate of drug-likeness (QED) is 0.874. The third-order valence-electron chi connectivity index (χ3n) is 4.10. The number of hydrogen-bond donors (Lipinski definition) is 1. The molecule has 5 heteroatoms. The average molecular weight is 301 g/mol. The molecule has 1 saturated heterocycles. The zero-order valence-electron chi connectivity index (χ0n) is 13.4. The molecule has 0 radical (unpaired) electrons. The number of fused-ring (bicyclic) bond motifs is 1. The van der Waals surface area contributed by atoms with E-state index < -0.39 is 5.60 Å². The fourth-order valence-electron chi connectivity index (χ4n) is 3.03. The van der Waals surface area contributed by atoms with Crippen molar-refractivity contribution in [1.82, 2.24) is 14.9 Å². The predicted molar refractivity (Wildman–Crippen MR) is 85.9 cm³/mol. The highest BCUT2D eigenvalue weighted by atomic mass is 16.6. The number of likely N-dealkylation sites (tertiary alicyclic amines) is 1. The molecule has 118 valence electrons. The molecule has 1 aliphatic rings. The largest absolute Gasteiger partial charge is 0.444 e. The minimum atomic E-state index is -0.433. The summed E-state index contributed by atoms with van der Waals surface area (Å²) >= 11 is 0. The summed E-state index contributed by atoms with van der Waals surface area (Å²) in [5, 5.41) is 1.24. The van der Waals surface area contributed by atoms with Crippen LogP contribution in [-0.2, 0) is 4.74 Å². The van der Waals surface area contributed by atoms with Crippen molar-refractivity contribution in [2.24, 2.45) is 0 Å². The van der Waals surface area contributed by atoms with Crippen LogP contribution in [-0.4, -0.2) is 39.7 Å². The topological polar surface area (TPSA) is 58.2 Å². The molecule has 0 saturated carbocycles. The summed E-state index contributed by atoms with van der Waals surface area (Å²) in [4.78, 5) is 21.3. The Balaban J connectivity index is 1.66. The highest BCUT2D eigenvalue weighted by Crippen LogP contribution is 2.33. The summed E-state index contributed by atoms with van der Waals surface area (Å²) in [5.41, 5.74) is 1.98. The van der Waals surface area contributed by atoms with Crippen LogP contribution in [0.4, 0.5) is 4.79 Å². The molecule has 1 N–H and O–H groups in total. The second-order valence-corrected chi connectivity index (χ2v) is 6.91. The van der Waals surface area contributed by atoms with Crippen molar-refractivity contribution in [2.75, 3.05) is 13.1 Å². The van der Waals surface area contributed by atoms with E-state index >= 15 is 0 Å². The molecule has 5 nitrogen and oxygen atoms in total. The summed E-state index contributed by atoms with van der Waals surface area (Å²) in [6.07, 6.45) is 7.50. The number of amides is 1. The van der Waals surface area contributed by atoms with Crippen LogP contribution in [0.1, 0.15) is 45.1 Å². The van der Waals surface area contributed by atoms with Gasteiger partial charge in [0.25, 0.3) is 0 Å². The number of carbonyl (C=O) groups is 1. The molecule has 0 aromatic carbocycles. The first-order chi connectivity index (χ1) is 10.4. The summed E-state index contributed by atoms with van der Waals surface area (Å²) in [6, 6.07) is 2.06. The van der Waals surface area contributed by atoms with E-state index in [4.69, 9.17) is 4.74 Å². The third kappa shape index (κ3) is 3.08. The first-order valence-electron chi connectivity index (χ1n) is 7.83. The molecule has 22 heavy (non-hydrogen) atoms. The maximum absolute atomic E-state index is 12.1. The average Bonchev–Trinajstić information content (AvgIpc) is 2.89. The summed E-state index contributed by atoms with van der Waals surface area (Å²) in [5.74, 6) is 0.481. The molecular formula is C17H23N3O2. The van der Waals surface area contributed by atoms with E-state index in [1.807, 2.05) is 38.1 Å². The molecule has 2 aromatic heterocycles. The van der Waals surface area contributed by atoms with Gasteiger partial charge in [-0.05, 0) is 51.2 Å². The van der Waals surface area contributed by atoms with E-state index in [0.29, 0.717) is 5.92 Å². The number of aromatic amines is 1. The Morgan fingerprint density at radius 2 is 2.09 bits per heavy atom. The highest BCUT2D eigenvalue weighted by Gasteiger charge is 2.28. The second kappa shape index (κ2) is 5.63. The smallest absolute Gasteiger partial charge is 0.410 e. The van der Waals surface area contributed by atoms with Crippen LogP contribution in [0, 0.1) is 0 Å². The van der Waals surface area contributed by atoms with Crippen molar-refractivity contribution in [3.63, 3.8) is 0 Å². The van der Waals surface area contributed by atoms with Crippen LogP contribution in [0.15, 0.2) is 24.7 Å².